The second-order valence-corrected chi connectivity index (χ2v) is 6.47. The zero-order valence-electron chi connectivity index (χ0n) is 15.4. The molecule has 0 radical (unpaired) electrons. The number of nitrogens with one attached hydrogen (secondary N) is 2. The zero-order valence-corrected chi connectivity index (χ0v) is 16.2. The van der Waals surface area contributed by atoms with Crippen LogP contribution in [0.4, 0.5) is 13.2 Å². The molecular weight excluding hydrogens is 395 g/mol. The van der Waals surface area contributed by atoms with Crippen LogP contribution >= 0.6 is 12.4 Å². The predicted octanol–water partition coefficient (Wildman–Crippen LogP) is 2.17. The summed E-state index contributed by atoms with van der Waals surface area (Å²) in [6.45, 7) is 2.88. The van der Waals surface area contributed by atoms with E-state index in [2.05, 4.69) is 15.7 Å². The van der Waals surface area contributed by atoms with Crippen LogP contribution in [-0.2, 0) is 0 Å². The number of aryl methyl sites for hydroxylation is 1. The topological polar surface area (TPSA) is 62.2 Å². The summed E-state index contributed by atoms with van der Waals surface area (Å²) in [5, 5.41) is 9.66. The first-order valence-electron chi connectivity index (χ1n) is 8.78. The number of hydrogen-bond acceptors (Lipinski definition) is 4. The molecular formula is C18H23ClF3N5O. The smallest absolute Gasteiger partial charge is 0.349 e. The molecule has 1 aromatic heterocycles. The number of benzene rings is 1. The molecule has 1 aromatic carbocycles. The van der Waals surface area contributed by atoms with Crippen LogP contribution in [0, 0.1) is 6.92 Å². The Kier molecular flexibility index (Phi) is 7.45. The van der Waals surface area contributed by atoms with E-state index in [4.69, 9.17) is 0 Å². The number of hydrogen-bond donors (Lipinski definition) is 2. The maximum absolute atomic E-state index is 13.4. The molecule has 0 aliphatic carbocycles. The molecule has 1 atom stereocenters. The van der Waals surface area contributed by atoms with E-state index in [1.807, 2.05) is 30.3 Å². The van der Waals surface area contributed by atoms with E-state index < -0.39 is 24.7 Å². The van der Waals surface area contributed by atoms with Crippen LogP contribution in [-0.4, -0.2) is 65.5 Å². The second-order valence-electron chi connectivity index (χ2n) is 6.47. The third kappa shape index (κ3) is 5.24. The van der Waals surface area contributed by atoms with E-state index in [9.17, 15) is 18.0 Å². The van der Waals surface area contributed by atoms with Gasteiger partial charge in [-0.3, -0.25) is 9.69 Å². The number of nitrogens with zero attached hydrogens (tertiary/aromatic N) is 3. The van der Waals surface area contributed by atoms with E-state index in [0.717, 1.165) is 11.4 Å². The number of rotatable bonds is 5. The number of alkyl halides is 3. The Labute approximate surface area is 167 Å². The third-order valence-electron chi connectivity index (χ3n) is 4.55. The minimum Gasteiger partial charge on any atom is -0.349 e. The molecule has 0 saturated carbocycles. The maximum atomic E-state index is 13.4. The predicted molar refractivity (Wildman–Crippen MR) is 102 cm³/mol. The van der Waals surface area contributed by atoms with E-state index in [1.165, 1.54) is 4.90 Å². The number of piperazine rings is 1. The lowest BCUT2D eigenvalue weighted by Crippen LogP contribution is -2.57. The molecule has 1 amide bonds. The maximum Gasteiger partial charge on any atom is 0.405 e. The number of para-hydroxylation sites is 1. The number of aromatic nitrogens is 2. The van der Waals surface area contributed by atoms with Crippen LogP contribution in [0.15, 0.2) is 36.4 Å². The first kappa shape index (κ1) is 22.2. The molecule has 1 fully saturated rings. The van der Waals surface area contributed by atoms with E-state index in [0.29, 0.717) is 26.2 Å². The van der Waals surface area contributed by atoms with Gasteiger partial charge in [0.1, 0.15) is 6.04 Å². The Morgan fingerprint density at radius 3 is 2.50 bits per heavy atom. The number of carbonyl (C=O) groups is 1. The summed E-state index contributed by atoms with van der Waals surface area (Å²) in [5.41, 5.74) is 1.60. The third-order valence-corrected chi connectivity index (χ3v) is 4.55. The van der Waals surface area contributed by atoms with Gasteiger partial charge in [-0.15, -0.1) is 12.4 Å². The molecule has 2 aromatic rings. The fraction of sp³-hybridized carbons (Fsp3) is 0.444. The van der Waals surface area contributed by atoms with Gasteiger partial charge in [0.15, 0.2) is 5.69 Å². The molecule has 28 heavy (non-hydrogen) atoms. The SMILES string of the molecule is Cc1cc(C(=O)NCC(N2CCNCC2)C(F)(F)F)nn1-c1ccccc1.Cl. The first-order chi connectivity index (χ1) is 12.9. The second kappa shape index (κ2) is 9.40. The van der Waals surface area contributed by atoms with Crippen LogP contribution in [0.3, 0.4) is 0 Å². The lowest BCUT2D eigenvalue weighted by Gasteiger charge is -2.35. The van der Waals surface area contributed by atoms with Crippen LogP contribution < -0.4 is 10.6 Å². The molecule has 0 spiro atoms. The van der Waals surface area contributed by atoms with Gasteiger partial charge in [0, 0.05) is 38.4 Å². The monoisotopic (exact) mass is 417 g/mol. The van der Waals surface area contributed by atoms with Crippen LogP contribution in [0.2, 0.25) is 0 Å². The van der Waals surface area contributed by atoms with Gasteiger partial charge in [0.2, 0.25) is 0 Å². The Morgan fingerprint density at radius 2 is 1.89 bits per heavy atom. The summed E-state index contributed by atoms with van der Waals surface area (Å²) in [6, 6.07) is 9.09. The van der Waals surface area contributed by atoms with Crippen molar-refractivity contribution in [3.8, 4) is 5.69 Å². The summed E-state index contributed by atoms with van der Waals surface area (Å²) in [6.07, 6.45) is -4.41. The standard InChI is InChI=1S/C18H22F3N5O.ClH/c1-13-11-15(24-26(13)14-5-3-2-4-6-14)17(27)23-12-16(18(19,20)21)25-9-7-22-8-10-25;/h2-6,11,16,22H,7-10,12H2,1H3,(H,23,27);1H. The largest absolute Gasteiger partial charge is 0.405 e. The molecule has 1 saturated heterocycles. The highest BCUT2D eigenvalue weighted by molar-refractivity contribution is 5.92. The van der Waals surface area contributed by atoms with Gasteiger partial charge >= 0.3 is 6.18 Å². The van der Waals surface area contributed by atoms with Gasteiger partial charge in [0.05, 0.1) is 5.69 Å². The molecule has 0 bridgehead atoms. The molecule has 154 valence electrons. The van der Waals surface area contributed by atoms with Crippen molar-refractivity contribution >= 4 is 18.3 Å². The minimum atomic E-state index is -4.41. The molecule has 10 heteroatoms. The minimum absolute atomic E-state index is 0. The molecule has 2 heterocycles. The average molecular weight is 418 g/mol. The highest BCUT2D eigenvalue weighted by atomic mass is 35.5. The van der Waals surface area contributed by atoms with Gasteiger partial charge in [-0.1, -0.05) is 18.2 Å². The lowest BCUT2D eigenvalue weighted by atomic mass is 10.2. The molecule has 1 unspecified atom stereocenters. The lowest BCUT2D eigenvalue weighted by molar-refractivity contribution is -0.183. The fourth-order valence-electron chi connectivity index (χ4n) is 3.14. The van der Waals surface area contributed by atoms with Crippen molar-refractivity contribution < 1.29 is 18.0 Å². The highest BCUT2D eigenvalue weighted by Gasteiger charge is 2.43. The fourth-order valence-corrected chi connectivity index (χ4v) is 3.14. The van der Waals surface area contributed by atoms with E-state index in [-0.39, 0.29) is 18.1 Å². The van der Waals surface area contributed by atoms with Crippen LogP contribution in [0.25, 0.3) is 5.69 Å². The van der Waals surface area contributed by atoms with E-state index in [1.54, 1.807) is 17.7 Å². The average Bonchev–Trinajstić information content (AvgIpc) is 3.04. The van der Waals surface area contributed by atoms with Crippen molar-refractivity contribution in [2.24, 2.45) is 0 Å². The molecule has 1 aliphatic rings. The molecule has 6 nitrogen and oxygen atoms in total. The van der Waals surface area contributed by atoms with Crippen molar-refractivity contribution in [1.29, 1.82) is 0 Å². The summed E-state index contributed by atoms with van der Waals surface area (Å²) >= 11 is 0. The van der Waals surface area contributed by atoms with Crippen LogP contribution in [0.1, 0.15) is 16.2 Å². The quantitative estimate of drug-likeness (QED) is 0.782. The number of amides is 1. The number of carbonyl (C=O) groups excluding carboxylic acids is 1. The van der Waals surface area contributed by atoms with Gasteiger partial charge in [-0.25, -0.2) is 4.68 Å². The molecule has 2 N–H and O–H groups in total. The van der Waals surface area contributed by atoms with Crippen LogP contribution in [0.5, 0.6) is 0 Å². The Bertz CT molecular complexity index is 775. The Morgan fingerprint density at radius 1 is 1.25 bits per heavy atom. The van der Waals surface area contributed by atoms with Gasteiger partial charge in [-0.2, -0.15) is 18.3 Å². The Hall–Kier alpha value is -2.10. The van der Waals surface area contributed by atoms with Gasteiger partial charge < -0.3 is 10.6 Å². The molecule has 1 aliphatic heterocycles. The number of halogens is 4. The van der Waals surface area contributed by atoms with Crippen molar-refractivity contribution in [2.45, 2.75) is 19.1 Å². The first-order valence-corrected chi connectivity index (χ1v) is 8.78. The Balaban J connectivity index is 0.00000280. The summed E-state index contributed by atoms with van der Waals surface area (Å²) in [7, 11) is 0. The van der Waals surface area contributed by atoms with Gasteiger partial charge in [-0.05, 0) is 25.1 Å². The van der Waals surface area contributed by atoms with E-state index >= 15 is 0 Å². The zero-order chi connectivity index (χ0) is 19.4. The van der Waals surface area contributed by atoms with Crippen molar-refractivity contribution in [3.63, 3.8) is 0 Å². The van der Waals surface area contributed by atoms with Crippen molar-refractivity contribution in [1.82, 2.24) is 25.3 Å². The van der Waals surface area contributed by atoms with Crippen molar-refractivity contribution in [3.05, 3.63) is 47.8 Å². The molecule has 3 rings (SSSR count). The highest BCUT2D eigenvalue weighted by Crippen LogP contribution is 2.25. The summed E-state index contributed by atoms with van der Waals surface area (Å²) < 4.78 is 41.8. The summed E-state index contributed by atoms with van der Waals surface area (Å²) in [4.78, 5) is 13.7. The summed E-state index contributed by atoms with van der Waals surface area (Å²) in [5.74, 6) is -0.614. The normalized spacial score (nSPS) is 16.3. The van der Waals surface area contributed by atoms with Crippen molar-refractivity contribution in [2.75, 3.05) is 32.7 Å². The van der Waals surface area contributed by atoms with Gasteiger partial charge in [0.25, 0.3) is 5.91 Å².